The van der Waals surface area contributed by atoms with Gasteiger partial charge in [0.25, 0.3) is 5.56 Å². The number of aromatic amines is 1. The minimum atomic E-state index is -4.53. The number of halogens is 4. The molecule has 0 unspecified atom stereocenters. The largest absolute Gasteiger partial charge is 0.416 e. The van der Waals surface area contributed by atoms with Crippen molar-refractivity contribution >= 4 is 5.71 Å². The number of alkyl halides is 3. The maximum atomic E-state index is 14.1. The van der Waals surface area contributed by atoms with Gasteiger partial charge in [0.15, 0.2) is 5.82 Å². The molecule has 0 saturated carbocycles. The van der Waals surface area contributed by atoms with Crippen molar-refractivity contribution in [2.24, 2.45) is 4.99 Å². The van der Waals surface area contributed by atoms with Crippen molar-refractivity contribution in [3.63, 3.8) is 0 Å². The normalized spacial score (nSPS) is 17.7. The summed E-state index contributed by atoms with van der Waals surface area (Å²) >= 11 is 0. The molecule has 4 rings (SSSR count). The molecule has 0 saturated heterocycles. The third-order valence-electron chi connectivity index (χ3n) is 5.31. The Bertz CT molecular complexity index is 1010. The Morgan fingerprint density at radius 1 is 1.17 bits per heavy atom. The SMILES string of the molecule is O=c1[nH]c(C2=NCCCC2)nc2c1CN(Cc1cc(C(F)(F)F)ccc1F)CC2. The summed E-state index contributed by atoms with van der Waals surface area (Å²) in [6.45, 7) is 1.40. The number of benzene rings is 1. The van der Waals surface area contributed by atoms with Gasteiger partial charge in [-0.15, -0.1) is 0 Å². The van der Waals surface area contributed by atoms with Crippen LogP contribution in [-0.2, 0) is 25.7 Å². The molecular formula is C20H20F4N4O. The van der Waals surface area contributed by atoms with Crippen molar-refractivity contribution < 1.29 is 17.6 Å². The van der Waals surface area contributed by atoms with E-state index >= 15 is 0 Å². The van der Waals surface area contributed by atoms with E-state index in [2.05, 4.69) is 15.0 Å². The van der Waals surface area contributed by atoms with Gasteiger partial charge in [-0.05, 0) is 37.5 Å². The molecule has 2 aliphatic rings. The van der Waals surface area contributed by atoms with E-state index in [9.17, 15) is 22.4 Å². The molecule has 1 aromatic carbocycles. The van der Waals surface area contributed by atoms with E-state index in [1.54, 1.807) is 4.90 Å². The van der Waals surface area contributed by atoms with Gasteiger partial charge in [0, 0.05) is 38.2 Å². The van der Waals surface area contributed by atoms with Gasteiger partial charge in [-0.1, -0.05) is 0 Å². The van der Waals surface area contributed by atoms with E-state index in [4.69, 9.17) is 0 Å². The van der Waals surface area contributed by atoms with Crippen LogP contribution >= 0.6 is 0 Å². The number of aromatic nitrogens is 2. The van der Waals surface area contributed by atoms with Gasteiger partial charge in [-0.3, -0.25) is 14.7 Å². The molecule has 2 aliphatic heterocycles. The molecule has 0 radical (unpaired) electrons. The molecule has 0 fully saturated rings. The fourth-order valence-corrected chi connectivity index (χ4v) is 3.76. The van der Waals surface area contributed by atoms with E-state index in [0.29, 0.717) is 30.0 Å². The zero-order chi connectivity index (χ0) is 20.6. The number of H-pyrrole nitrogens is 1. The Balaban J connectivity index is 1.55. The molecule has 3 heterocycles. The van der Waals surface area contributed by atoms with E-state index in [1.807, 2.05) is 0 Å². The molecule has 9 heteroatoms. The molecular weight excluding hydrogens is 388 g/mol. The topological polar surface area (TPSA) is 61.4 Å². The van der Waals surface area contributed by atoms with Crippen LogP contribution in [0.5, 0.6) is 0 Å². The molecule has 29 heavy (non-hydrogen) atoms. The molecule has 5 nitrogen and oxygen atoms in total. The highest BCUT2D eigenvalue weighted by molar-refractivity contribution is 5.97. The Kier molecular flexibility index (Phi) is 5.24. The third kappa shape index (κ3) is 4.24. The van der Waals surface area contributed by atoms with Crippen LogP contribution in [0.1, 0.15) is 47.5 Å². The van der Waals surface area contributed by atoms with Gasteiger partial charge in [-0.2, -0.15) is 13.2 Å². The number of hydrogen-bond acceptors (Lipinski definition) is 4. The second-order valence-corrected chi connectivity index (χ2v) is 7.39. The second kappa shape index (κ2) is 7.70. The van der Waals surface area contributed by atoms with Crippen molar-refractivity contribution in [2.45, 2.75) is 44.9 Å². The van der Waals surface area contributed by atoms with Crippen LogP contribution in [0.2, 0.25) is 0 Å². The van der Waals surface area contributed by atoms with Gasteiger partial charge in [0.1, 0.15) is 5.82 Å². The monoisotopic (exact) mass is 408 g/mol. The van der Waals surface area contributed by atoms with Gasteiger partial charge in [0.05, 0.1) is 22.5 Å². The molecule has 2 aromatic rings. The number of rotatable bonds is 3. The maximum Gasteiger partial charge on any atom is 0.416 e. The van der Waals surface area contributed by atoms with Crippen LogP contribution < -0.4 is 5.56 Å². The van der Waals surface area contributed by atoms with E-state index in [1.165, 1.54) is 0 Å². The quantitative estimate of drug-likeness (QED) is 0.792. The molecule has 1 N–H and O–H groups in total. The first-order valence-electron chi connectivity index (χ1n) is 9.55. The second-order valence-electron chi connectivity index (χ2n) is 7.39. The van der Waals surface area contributed by atoms with Crippen LogP contribution in [0.4, 0.5) is 17.6 Å². The maximum absolute atomic E-state index is 14.1. The number of nitrogens with one attached hydrogen (secondary N) is 1. The first-order chi connectivity index (χ1) is 13.8. The Labute approximate surface area is 164 Å². The van der Waals surface area contributed by atoms with Gasteiger partial charge < -0.3 is 4.98 Å². The fourth-order valence-electron chi connectivity index (χ4n) is 3.76. The standard InChI is InChI=1S/C20H20F4N4O/c21-15-5-4-13(20(22,23)24)9-12(15)10-28-8-6-16-14(11-28)19(29)27-18(26-16)17-3-1-2-7-25-17/h4-5,9H,1-3,6-8,10-11H2,(H,26,27,29). The summed E-state index contributed by atoms with van der Waals surface area (Å²) in [7, 11) is 0. The van der Waals surface area contributed by atoms with Crippen molar-refractivity contribution in [1.29, 1.82) is 0 Å². The number of hydrogen-bond donors (Lipinski definition) is 1. The van der Waals surface area contributed by atoms with Crippen LogP contribution in [0.3, 0.4) is 0 Å². The first kappa shape index (κ1) is 19.8. The molecule has 1 aromatic heterocycles. The first-order valence-corrected chi connectivity index (χ1v) is 9.55. The van der Waals surface area contributed by atoms with Crippen LogP contribution in [0.25, 0.3) is 0 Å². The lowest BCUT2D eigenvalue weighted by Crippen LogP contribution is -2.36. The molecule has 0 spiro atoms. The predicted octanol–water partition coefficient (Wildman–Crippen LogP) is 3.46. The van der Waals surface area contributed by atoms with Crippen LogP contribution in [0.15, 0.2) is 28.0 Å². The molecule has 0 amide bonds. The fraction of sp³-hybridized carbons (Fsp3) is 0.450. The summed E-state index contributed by atoms with van der Waals surface area (Å²) in [5.41, 5.74) is 0.767. The third-order valence-corrected chi connectivity index (χ3v) is 5.31. The Morgan fingerprint density at radius 3 is 2.72 bits per heavy atom. The van der Waals surface area contributed by atoms with Crippen LogP contribution in [0, 0.1) is 5.82 Å². The minimum Gasteiger partial charge on any atom is -0.305 e. The summed E-state index contributed by atoms with van der Waals surface area (Å²) in [5.74, 6) is -0.188. The zero-order valence-corrected chi connectivity index (χ0v) is 15.7. The molecule has 154 valence electrons. The summed E-state index contributed by atoms with van der Waals surface area (Å²) < 4.78 is 52.8. The molecule has 0 aliphatic carbocycles. The highest BCUT2D eigenvalue weighted by Crippen LogP contribution is 2.31. The highest BCUT2D eigenvalue weighted by atomic mass is 19.4. The average molecular weight is 408 g/mol. The lowest BCUT2D eigenvalue weighted by Gasteiger charge is -2.28. The van der Waals surface area contributed by atoms with E-state index in [0.717, 1.165) is 49.7 Å². The van der Waals surface area contributed by atoms with Gasteiger partial charge in [0.2, 0.25) is 0 Å². The van der Waals surface area contributed by atoms with E-state index < -0.39 is 17.6 Å². The van der Waals surface area contributed by atoms with Gasteiger partial charge in [-0.25, -0.2) is 9.37 Å². The van der Waals surface area contributed by atoms with E-state index in [-0.39, 0.29) is 24.2 Å². The number of fused-ring (bicyclic) bond motifs is 1. The van der Waals surface area contributed by atoms with Crippen molar-refractivity contribution in [3.8, 4) is 0 Å². The minimum absolute atomic E-state index is 0.0108. The predicted molar refractivity (Wildman–Crippen MR) is 99.3 cm³/mol. The van der Waals surface area contributed by atoms with Crippen molar-refractivity contribution in [1.82, 2.24) is 14.9 Å². The summed E-state index contributed by atoms with van der Waals surface area (Å²) in [6.07, 6.45) is -1.24. The molecule has 0 bridgehead atoms. The lowest BCUT2D eigenvalue weighted by molar-refractivity contribution is -0.137. The lowest BCUT2D eigenvalue weighted by atomic mass is 10.0. The van der Waals surface area contributed by atoms with Crippen molar-refractivity contribution in [2.75, 3.05) is 13.1 Å². The number of nitrogens with zero attached hydrogens (tertiary/aromatic N) is 3. The number of aliphatic imine (C=N–C) groups is 1. The van der Waals surface area contributed by atoms with Crippen LogP contribution in [-0.4, -0.2) is 33.7 Å². The highest BCUT2D eigenvalue weighted by Gasteiger charge is 2.31. The Hall–Kier alpha value is -2.55. The zero-order valence-electron chi connectivity index (χ0n) is 15.7. The molecule has 0 atom stereocenters. The smallest absolute Gasteiger partial charge is 0.305 e. The summed E-state index contributed by atoms with van der Waals surface area (Å²) in [6, 6.07) is 2.40. The Morgan fingerprint density at radius 2 is 2.00 bits per heavy atom. The summed E-state index contributed by atoms with van der Waals surface area (Å²) in [5, 5.41) is 0. The van der Waals surface area contributed by atoms with Crippen molar-refractivity contribution in [3.05, 3.63) is 62.6 Å². The van der Waals surface area contributed by atoms with Gasteiger partial charge >= 0.3 is 6.18 Å². The summed E-state index contributed by atoms with van der Waals surface area (Å²) in [4.78, 5) is 26.1. The average Bonchev–Trinajstić information content (AvgIpc) is 2.70.